The van der Waals surface area contributed by atoms with Crippen molar-refractivity contribution in [2.45, 2.75) is 0 Å². The van der Waals surface area contributed by atoms with Crippen molar-refractivity contribution in [1.29, 1.82) is 0 Å². The van der Waals surface area contributed by atoms with Crippen LogP contribution in [-0.2, 0) is 9.84 Å². The molecule has 2 aliphatic carbocycles. The van der Waals surface area contributed by atoms with Crippen LogP contribution in [0.3, 0.4) is 0 Å². The minimum Gasteiger partial charge on any atom is -0.220 e. The standard InChI is InChI=1S/C12H10O2S/c13-15(14,9-11-5-1-2-6-11)10-12-7-3-4-8-12/h1-10H. The Labute approximate surface area is 89.2 Å². The van der Waals surface area contributed by atoms with Gasteiger partial charge in [0.25, 0.3) is 0 Å². The molecule has 0 radical (unpaired) electrons. The van der Waals surface area contributed by atoms with Gasteiger partial charge in [-0.3, -0.25) is 0 Å². The van der Waals surface area contributed by atoms with Crippen molar-refractivity contribution in [2.75, 3.05) is 0 Å². The van der Waals surface area contributed by atoms with Crippen molar-refractivity contribution < 1.29 is 8.42 Å². The second kappa shape index (κ2) is 3.87. The van der Waals surface area contributed by atoms with E-state index in [1.165, 1.54) is 10.8 Å². The topological polar surface area (TPSA) is 34.1 Å². The van der Waals surface area contributed by atoms with Crippen molar-refractivity contribution in [3.8, 4) is 0 Å². The first-order valence-electron chi connectivity index (χ1n) is 4.54. The summed E-state index contributed by atoms with van der Waals surface area (Å²) in [6.07, 6.45) is 14.3. The molecule has 2 rings (SSSR count). The molecule has 0 aromatic carbocycles. The van der Waals surface area contributed by atoms with Crippen LogP contribution in [0.15, 0.2) is 70.6 Å². The van der Waals surface area contributed by atoms with Gasteiger partial charge in [0.05, 0.1) is 0 Å². The van der Waals surface area contributed by atoms with E-state index in [2.05, 4.69) is 0 Å². The van der Waals surface area contributed by atoms with E-state index in [4.69, 9.17) is 0 Å². The van der Waals surface area contributed by atoms with Crippen LogP contribution in [0, 0.1) is 0 Å². The molecular weight excluding hydrogens is 208 g/mol. The molecule has 15 heavy (non-hydrogen) atoms. The summed E-state index contributed by atoms with van der Waals surface area (Å²) in [4.78, 5) is 0. The largest absolute Gasteiger partial charge is 0.220 e. The average molecular weight is 218 g/mol. The third kappa shape index (κ3) is 2.67. The van der Waals surface area contributed by atoms with Gasteiger partial charge in [0.2, 0.25) is 0 Å². The summed E-state index contributed by atoms with van der Waals surface area (Å²) in [6, 6.07) is 0. The van der Waals surface area contributed by atoms with Crippen molar-refractivity contribution in [3.05, 3.63) is 70.6 Å². The molecule has 0 saturated heterocycles. The lowest BCUT2D eigenvalue weighted by Crippen LogP contribution is -1.91. The summed E-state index contributed by atoms with van der Waals surface area (Å²) in [5, 5.41) is 2.53. The van der Waals surface area contributed by atoms with Gasteiger partial charge in [-0.2, -0.15) is 0 Å². The van der Waals surface area contributed by atoms with Gasteiger partial charge in [0.15, 0.2) is 9.84 Å². The molecule has 0 saturated carbocycles. The number of sulfone groups is 1. The Morgan fingerprint density at radius 1 is 0.733 bits per heavy atom. The zero-order valence-corrected chi connectivity index (χ0v) is 8.81. The predicted octanol–water partition coefficient (Wildman–Crippen LogP) is 2.42. The lowest BCUT2D eigenvalue weighted by Gasteiger charge is -1.93. The molecule has 0 N–H and O–H groups in total. The smallest absolute Gasteiger partial charge is 0.194 e. The molecule has 0 aliphatic heterocycles. The average Bonchev–Trinajstić information content (AvgIpc) is 2.75. The lowest BCUT2D eigenvalue weighted by atomic mass is 10.3. The van der Waals surface area contributed by atoms with Gasteiger partial charge >= 0.3 is 0 Å². The minimum atomic E-state index is -3.28. The molecule has 0 spiro atoms. The van der Waals surface area contributed by atoms with Gasteiger partial charge in [-0.05, 0) is 11.1 Å². The molecule has 3 heteroatoms. The summed E-state index contributed by atoms with van der Waals surface area (Å²) >= 11 is 0. The summed E-state index contributed by atoms with van der Waals surface area (Å²) in [7, 11) is -3.28. The molecule has 2 nitrogen and oxygen atoms in total. The number of hydrogen-bond donors (Lipinski definition) is 0. The Kier molecular flexibility index (Phi) is 2.56. The maximum Gasteiger partial charge on any atom is 0.194 e. The zero-order chi connectivity index (χ0) is 10.7. The van der Waals surface area contributed by atoms with E-state index in [-0.39, 0.29) is 0 Å². The third-order valence-electron chi connectivity index (χ3n) is 1.98. The summed E-state index contributed by atoms with van der Waals surface area (Å²) in [5.41, 5.74) is 1.41. The van der Waals surface area contributed by atoms with Crippen LogP contribution in [0.2, 0.25) is 0 Å². The van der Waals surface area contributed by atoms with Crippen LogP contribution in [0.5, 0.6) is 0 Å². The van der Waals surface area contributed by atoms with E-state index in [0.717, 1.165) is 0 Å². The van der Waals surface area contributed by atoms with E-state index in [1.54, 1.807) is 24.3 Å². The summed E-state index contributed by atoms with van der Waals surface area (Å²) in [6.45, 7) is 0. The molecule has 2 aliphatic rings. The molecule has 0 amide bonds. The van der Waals surface area contributed by atoms with Gasteiger partial charge in [-0.1, -0.05) is 48.6 Å². The van der Waals surface area contributed by atoms with Crippen LogP contribution >= 0.6 is 0 Å². The minimum absolute atomic E-state index is 0.706. The molecular formula is C12H10O2S. The maximum absolute atomic E-state index is 11.7. The van der Waals surface area contributed by atoms with Crippen LogP contribution in [0.25, 0.3) is 0 Å². The van der Waals surface area contributed by atoms with Gasteiger partial charge in [0.1, 0.15) is 0 Å². The van der Waals surface area contributed by atoms with Crippen LogP contribution in [-0.4, -0.2) is 8.42 Å². The molecule has 0 aromatic heterocycles. The highest BCUT2D eigenvalue weighted by Gasteiger charge is 2.06. The molecule has 0 unspecified atom stereocenters. The highest BCUT2D eigenvalue weighted by Crippen LogP contribution is 2.14. The van der Waals surface area contributed by atoms with Gasteiger partial charge in [-0.15, -0.1) is 0 Å². The fourth-order valence-electron chi connectivity index (χ4n) is 1.35. The second-order valence-electron chi connectivity index (χ2n) is 3.26. The lowest BCUT2D eigenvalue weighted by molar-refractivity contribution is 0.612. The Morgan fingerprint density at radius 3 is 1.40 bits per heavy atom. The Bertz CT molecular complexity index is 466. The second-order valence-corrected chi connectivity index (χ2v) is 4.91. The molecule has 0 heterocycles. The molecule has 76 valence electrons. The first kappa shape index (κ1) is 9.93. The van der Waals surface area contributed by atoms with Crippen molar-refractivity contribution in [2.24, 2.45) is 0 Å². The van der Waals surface area contributed by atoms with Crippen LogP contribution in [0.1, 0.15) is 0 Å². The van der Waals surface area contributed by atoms with Gasteiger partial charge in [-0.25, -0.2) is 8.42 Å². The van der Waals surface area contributed by atoms with Gasteiger partial charge < -0.3 is 0 Å². The quantitative estimate of drug-likeness (QED) is 0.713. The summed E-state index contributed by atoms with van der Waals surface area (Å²) < 4.78 is 23.3. The molecule has 0 fully saturated rings. The molecule has 0 aromatic rings. The van der Waals surface area contributed by atoms with E-state index < -0.39 is 9.84 Å². The summed E-state index contributed by atoms with van der Waals surface area (Å²) in [5.74, 6) is 0. The van der Waals surface area contributed by atoms with Gasteiger partial charge in [0, 0.05) is 10.8 Å². The van der Waals surface area contributed by atoms with Crippen molar-refractivity contribution in [1.82, 2.24) is 0 Å². The fraction of sp³-hybridized carbons (Fsp3) is 0. The molecule has 0 bridgehead atoms. The van der Waals surface area contributed by atoms with Crippen molar-refractivity contribution in [3.63, 3.8) is 0 Å². The van der Waals surface area contributed by atoms with E-state index >= 15 is 0 Å². The first-order valence-corrected chi connectivity index (χ1v) is 6.15. The Morgan fingerprint density at radius 2 is 1.07 bits per heavy atom. The van der Waals surface area contributed by atoms with E-state index in [0.29, 0.717) is 11.1 Å². The molecule has 0 atom stereocenters. The van der Waals surface area contributed by atoms with Crippen LogP contribution in [0.4, 0.5) is 0 Å². The number of hydrogen-bond acceptors (Lipinski definition) is 2. The maximum atomic E-state index is 11.7. The SMILES string of the molecule is O=S(=O)(C=C1C=CC=C1)C=C1C=CC=C1. The highest BCUT2D eigenvalue weighted by molar-refractivity contribution is 7.97. The zero-order valence-electron chi connectivity index (χ0n) is 8.00. The third-order valence-corrected chi connectivity index (χ3v) is 3.18. The van der Waals surface area contributed by atoms with E-state index in [9.17, 15) is 8.42 Å². The highest BCUT2D eigenvalue weighted by atomic mass is 32.2. The van der Waals surface area contributed by atoms with E-state index in [1.807, 2.05) is 24.3 Å². The normalized spacial score (nSPS) is 17.9. The van der Waals surface area contributed by atoms with Crippen LogP contribution < -0.4 is 0 Å². The predicted molar refractivity (Wildman–Crippen MR) is 61.6 cm³/mol. The Hall–Kier alpha value is -1.61. The monoisotopic (exact) mass is 218 g/mol. The van der Waals surface area contributed by atoms with Crippen molar-refractivity contribution >= 4 is 9.84 Å². The Balaban J connectivity index is 2.28. The fourth-order valence-corrected chi connectivity index (χ4v) is 2.49. The number of allylic oxidation sites excluding steroid dienone is 10. The first-order chi connectivity index (χ1) is 7.16. The number of rotatable bonds is 2.